The number of hydrogen-bond acceptors (Lipinski definition) is 4. The van der Waals surface area contributed by atoms with E-state index in [0.29, 0.717) is 17.3 Å². The van der Waals surface area contributed by atoms with Crippen LogP contribution in [0.15, 0.2) is 53.5 Å². The maximum Gasteiger partial charge on any atom is 0.255 e. The van der Waals surface area contributed by atoms with Gasteiger partial charge in [0.05, 0.1) is 6.54 Å². The minimum atomic E-state index is -0.494. The van der Waals surface area contributed by atoms with Crippen LogP contribution in [-0.2, 0) is 11.2 Å². The Morgan fingerprint density at radius 1 is 1.10 bits per heavy atom. The fourth-order valence-electron chi connectivity index (χ4n) is 2.58. The number of carbonyl (C=O) groups is 1. The van der Waals surface area contributed by atoms with Crippen LogP contribution in [0.2, 0.25) is 5.02 Å². The fourth-order valence-corrected chi connectivity index (χ4v) is 2.70. The molecule has 0 aromatic heterocycles. The first kappa shape index (κ1) is 26.8. The van der Waals surface area contributed by atoms with E-state index in [1.807, 2.05) is 50.2 Å². The molecule has 1 amide bonds. The Balaban J connectivity index is 0.00000480. The Morgan fingerprint density at radius 3 is 2.35 bits per heavy atom. The van der Waals surface area contributed by atoms with Gasteiger partial charge in [0.25, 0.3) is 5.91 Å². The number of nitrogens with zero attached hydrogens (tertiary/aromatic N) is 1. The molecule has 0 aliphatic heterocycles. The van der Waals surface area contributed by atoms with Crippen LogP contribution < -0.4 is 25.8 Å². The fraction of sp³-hybridized carbons (Fsp3) is 0.364. The molecule has 0 aliphatic rings. The van der Waals surface area contributed by atoms with Crippen LogP contribution in [-0.4, -0.2) is 44.2 Å². The normalized spacial score (nSPS) is 11.8. The molecule has 4 N–H and O–H groups in total. The lowest BCUT2D eigenvalue weighted by Gasteiger charge is -2.15. The van der Waals surface area contributed by atoms with Crippen molar-refractivity contribution in [1.29, 1.82) is 0 Å². The molecule has 2 aromatic carbocycles. The molecule has 2 aromatic rings. The summed E-state index contributed by atoms with van der Waals surface area (Å²) in [4.78, 5) is 15.3. The topological polar surface area (TPSA) is 98.0 Å². The van der Waals surface area contributed by atoms with E-state index in [1.165, 1.54) is 0 Å². The van der Waals surface area contributed by atoms with Crippen LogP contribution in [0.1, 0.15) is 19.4 Å². The molecular weight excluding hydrogens is 531 g/mol. The van der Waals surface area contributed by atoms with Gasteiger partial charge in [-0.05, 0) is 62.2 Å². The molecule has 1 atom stereocenters. The van der Waals surface area contributed by atoms with Gasteiger partial charge in [-0.25, -0.2) is 4.99 Å². The van der Waals surface area contributed by atoms with Crippen molar-refractivity contribution in [2.75, 3.05) is 26.2 Å². The molecule has 0 saturated heterocycles. The summed E-state index contributed by atoms with van der Waals surface area (Å²) < 4.78 is 11.1. The standard InChI is InChI=1S/C22H29ClN4O3.HI/c1-3-25-22(27-14-16(2)30-20-10-6-18(23)7-11-20)26-13-12-17-4-8-19(9-5-17)29-15-21(24)28;/h4-11,16H,3,12-15H2,1-2H3,(H2,24,28)(H2,25,26,27);1H. The smallest absolute Gasteiger partial charge is 0.255 e. The molecule has 0 spiro atoms. The molecule has 2 rings (SSSR count). The zero-order valence-corrected chi connectivity index (χ0v) is 20.9. The first-order valence-electron chi connectivity index (χ1n) is 9.90. The van der Waals surface area contributed by atoms with Crippen molar-refractivity contribution in [1.82, 2.24) is 10.6 Å². The zero-order valence-electron chi connectivity index (χ0n) is 17.8. The number of guanidine groups is 1. The molecule has 0 fully saturated rings. The molecule has 170 valence electrons. The maximum atomic E-state index is 10.8. The van der Waals surface area contributed by atoms with E-state index in [9.17, 15) is 4.79 Å². The summed E-state index contributed by atoms with van der Waals surface area (Å²) in [6.45, 7) is 5.89. The van der Waals surface area contributed by atoms with E-state index in [2.05, 4.69) is 15.6 Å². The number of amides is 1. The van der Waals surface area contributed by atoms with E-state index >= 15 is 0 Å². The van der Waals surface area contributed by atoms with Crippen molar-refractivity contribution in [3.05, 3.63) is 59.1 Å². The number of nitrogens with one attached hydrogen (secondary N) is 2. The highest BCUT2D eigenvalue weighted by atomic mass is 127. The molecule has 1 unspecified atom stereocenters. The third-order valence-electron chi connectivity index (χ3n) is 4.01. The molecule has 0 radical (unpaired) electrons. The number of hydrogen-bond donors (Lipinski definition) is 3. The molecule has 0 aliphatic carbocycles. The van der Waals surface area contributed by atoms with Crippen LogP contribution in [0, 0.1) is 0 Å². The third-order valence-corrected chi connectivity index (χ3v) is 4.26. The van der Waals surface area contributed by atoms with Crippen molar-refractivity contribution in [2.45, 2.75) is 26.4 Å². The van der Waals surface area contributed by atoms with Gasteiger partial charge < -0.3 is 25.8 Å². The number of ether oxygens (including phenoxy) is 2. The number of primary amides is 1. The Hall–Kier alpha value is -2.20. The highest BCUT2D eigenvalue weighted by Crippen LogP contribution is 2.16. The Bertz CT molecular complexity index is 817. The van der Waals surface area contributed by atoms with E-state index < -0.39 is 5.91 Å². The highest BCUT2D eigenvalue weighted by Gasteiger charge is 2.05. The van der Waals surface area contributed by atoms with Gasteiger partial charge in [-0.2, -0.15) is 0 Å². The highest BCUT2D eigenvalue weighted by molar-refractivity contribution is 14.0. The molecule has 9 heteroatoms. The molecule has 0 bridgehead atoms. The second kappa shape index (κ2) is 14.7. The molecular formula is C22H30ClIN4O3. The van der Waals surface area contributed by atoms with Crippen molar-refractivity contribution < 1.29 is 14.3 Å². The van der Waals surface area contributed by atoms with Gasteiger partial charge in [0, 0.05) is 18.1 Å². The largest absolute Gasteiger partial charge is 0.489 e. The average molecular weight is 561 g/mol. The van der Waals surface area contributed by atoms with Crippen LogP contribution in [0.5, 0.6) is 11.5 Å². The van der Waals surface area contributed by atoms with Gasteiger partial charge in [0.2, 0.25) is 0 Å². The second-order valence-electron chi connectivity index (χ2n) is 6.68. The average Bonchev–Trinajstić information content (AvgIpc) is 2.73. The van der Waals surface area contributed by atoms with Crippen molar-refractivity contribution >= 4 is 47.4 Å². The number of carbonyl (C=O) groups excluding carboxylic acids is 1. The third kappa shape index (κ3) is 11.1. The second-order valence-corrected chi connectivity index (χ2v) is 7.11. The Labute approximate surface area is 205 Å². The summed E-state index contributed by atoms with van der Waals surface area (Å²) in [6, 6.07) is 14.9. The molecule has 31 heavy (non-hydrogen) atoms. The minimum absolute atomic E-state index is 0. The minimum Gasteiger partial charge on any atom is -0.489 e. The van der Waals surface area contributed by atoms with Crippen molar-refractivity contribution in [3.63, 3.8) is 0 Å². The van der Waals surface area contributed by atoms with Gasteiger partial charge in [-0.3, -0.25) is 4.79 Å². The Kier molecular flexibility index (Phi) is 12.8. The van der Waals surface area contributed by atoms with E-state index in [0.717, 1.165) is 36.8 Å². The summed E-state index contributed by atoms with van der Waals surface area (Å²) in [5, 5.41) is 7.24. The number of benzene rings is 2. The number of aliphatic imine (C=N–C) groups is 1. The Morgan fingerprint density at radius 2 is 1.74 bits per heavy atom. The SMILES string of the molecule is CCNC(=NCC(C)Oc1ccc(Cl)cc1)NCCc1ccc(OCC(N)=O)cc1.I. The summed E-state index contributed by atoms with van der Waals surface area (Å²) >= 11 is 5.89. The van der Waals surface area contributed by atoms with Crippen LogP contribution in [0.4, 0.5) is 0 Å². The summed E-state index contributed by atoms with van der Waals surface area (Å²) in [5.41, 5.74) is 6.22. The van der Waals surface area contributed by atoms with Gasteiger partial charge in [0.15, 0.2) is 12.6 Å². The first-order valence-corrected chi connectivity index (χ1v) is 10.3. The van der Waals surface area contributed by atoms with E-state index in [-0.39, 0.29) is 36.7 Å². The lowest BCUT2D eigenvalue weighted by Crippen LogP contribution is -2.39. The van der Waals surface area contributed by atoms with Crippen molar-refractivity contribution in [3.8, 4) is 11.5 Å². The van der Waals surface area contributed by atoms with Crippen LogP contribution in [0.3, 0.4) is 0 Å². The lowest BCUT2D eigenvalue weighted by atomic mass is 10.1. The predicted molar refractivity (Wildman–Crippen MR) is 136 cm³/mol. The molecule has 0 saturated carbocycles. The van der Waals surface area contributed by atoms with Crippen LogP contribution >= 0.6 is 35.6 Å². The van der Waals surface area contributed by atoms with E-state index in [4.69, 9.17) is 26.8 Å². The van der Waals surface area contributed by atoms with Gasteiger partial charge in [0.1, 0.15) is 17.6 Å². The summed E-state index contributed by atoms with van der Waals surface area (Å²) in [5.74, 6) is 1.63. The van der Waals surface area contributed by atoms with E-state index in [1.54, 1.807) is 12.1 Å². The quantitative estimate of drug-likeness (QED) is 0.222. The number of halogens is 2. The maximum absolute atomic E-state index is 10.8. The van der Waals surface area contributed by atoms with Gasteiger partial charge in [-0.1, -0.05) is 23.7 Å². The lowest BCUT2D eigenvalue weighted by molar-refractivity contribution is -0.119. The van der Waals surface area contributed by atoms with Gasteiger partial charge >= 0.3 is 0 Å². The van der Waals surface area contributed by atoms with Crippen molar-refractivity contribution in [2.24, 2.45) is 10.7 Å². The number of rotatable bonds is 11. The molecule has 0 heterocycles. The van der Waals surface area contributed by atoms with Crippen LogP contribution in [0.25, 0.3) is 0 Å². The molecule has 7 nitrogen and oxygen atoms in total. The summed E-state index contributed by atoms with van der Waals surface area (Å²) in [7, 11) is 0. The number of nitrogens with two attached hydrogens (primary N) is 1. The van der Waals surface area contributed by atoms with Gasteiger partial charge in [-0.15, -0.1) is 24.0 Å². The monoisotopic (exact) mass is 560 g/mol. The first-order chi connectivity index (χ1) is 14.5. The predicted octanol–water partition coefficient (Wildman–Crippen LogP) is 3.39. The zero-order chi connectivity index (χ0) is 21.8. The summed E-state index contributed by atoms with van der Waals surface area (Å²) in [6.07, 6.45) is 0.742.